The first-order valence-corrected chi connectivity index (χ1v) is 8.74. The van der Waals surface area contributed by atoms with Crippen LogP contribution in [0.2, 0.25) is 0 Å². The van der Waals surface area contributed by atoms with E-state index in [1.54, 1.807) is 16.7 Å². The summed E-state index contributed by atoms with van der Waals surface area (Å²) in [6.07, 6.45) is 1.76. The highest BCUT2D eigenvalue weighted by atomic mass is 16.1. The van der Waals surface area contributed by atoms with Crippen LogP contribution in [0.15, 0.2) is 71.7 Å². The molecular weight excluding hydrogens is 322 g/mol. The lowest BCUT2D eigenvalue weighted by atomic mass is 10.1. The lowest BCUT2D eigenvalue weighted by Gasteiger charge is -2.17. The van der Waals surface area contributed by atoms with E-state index >= 15 is 0 Å². The summed E-state index contributed by atoms with van der Waals surface area (Å²) in [5, 5.41) is 2.50. The van der Waals surface area contributed by atoms with Crippen LogP contribution in [0.4, 0.5) is 0 Å². The summed E-state index contributed by atoms with van der Waals surface area (Å²) < 4.78 is 1.60. The summed E-state index contributed by atoms with van der Waals surface area (Å²) in [6.45, 7) is 3.41. The molecule has 0 fully saturated rings. The van der Waals surface area contributed by atoms with E-state index in [0.717, 1.165) is 23.4 Å². The normalized spacial score (nSPS) is 11.5. The van der Waals surface area contributed by atoms with E-state index in [-0.39, 0.29) is 5.56 Å². The summed E-state index contributed by atoms with van der Waals surface area (Å²) in [4.78, 5) is 19.2. The van der Waals surface area contributed by atoms with Crippen molar-refractivity contribution in [2.24, 2.45) is 0 Å². The maximum atomic E-state index is 12.3. The molecule has 0 N–H and O–H groups in total. The summed E-state index contributed by atoms with van der Waals surface area (Å²) in [5.74, 6) is 0. The van der Waals surface area contributed by atoms with Crippen LogP contribution >= 0.6 is 0 Å². The number of hydrogen-bond acceptors (Lipinski definition) is 3. The third kappa shape index (κ3) is 3.24. The van der Waals surface area contributed by atoms with Crippen molar-refractivity contribution in [3.8, 4) is 0 Å². The molecule has 0 bridgehead atoms. The number of aryl methyl sites for hydroxylation is 1. The molecule has 130 valence electrons. The van der Waals surface area contributed by atoms with Gasteiger partial charge in [-0.1, -0.05) is 42.5 Å². The molecule has 0 aliphatic heterocycles. The van der Waals surface area contributed by atoms with Crippen molar-refractivity contribution in [1.29, 1.82) is 0 Å². The first-order chi connectivity index (χ1) is 12.6. The molecular formula is C22H21N3O. The van der Waals surface area contributed by atoms with Crippen molar-refractivity contribution in [2.75, 3.05) is 7.05 Å². The Kier molecular flexibility index (Phi) is 4.27. The van der Waals surface area contributed by atoms with E-state index in [2.05, 4.69) is 59.4 Å². The van der Waals surface area contributed by atoms with Crippen LogP contribution in [0, 0.1) is 6.92 Å². The van der Waals surface area contributed by atoms with Gasteiger partial charge in [0.1, 0.15) is 5.65 Å². The van der Waals surface area contributed by atoms with Gasteiger partial charge in [-0.2, -0.15) is 0 Å². The van der Waals surface area contributed by atoms with Crippen molar-refractivity contribution in [3.05, 3.63) is 94.0 Å². The van der Waals surface area contributed by atoms with Gasteiger partial charge in [0.2, 0.25) is 0 Å². The Bertz CT molecular complexity index is 1150. The minimum Gasteiger partial charge on any atom is -0.296 e. The van der Waals surface area contributed by atoms with Crippen molar-refractivity contribution < 1.29 is 0 Å². The number of pyridine rings is 1. The average molecular weight is 343 g/mol. The van der Waals surface area contributed by atoms with Gasteiger partial charge in [-0.15, -0.1) is 0 Å². The Balaban J connectivity index is 1.57. The molecule has 4 nitrogen and oxygen atoms in total. The van der Waals surface area contributed by atoms with Crippen LogP contribution in [0.1, 0.15) is 16.8 Å². The Morgan fingerprint density at radius 1 is 0.962 bits per heavy atom. The predicted molar refractivity (Wildman–Crippen MR) is 105 cm³/mol. The van der Waals surface area contributed by atoms with Gasteiger partial charge in [-0.3, -0.25) is 14.1 Å². The van der Waals surface area contributed by atoms with Gasteiger partial charge in [0.05, 0.1) is 5.69 Å². The quantitative estimate of drug-likeness (QED) is 0.566. The second-order valence-electron chi connectivity index (χ2n) is 6.82. The number of hydrogen-bond donors (Lipinski definition) is 0. The van der Waals surface area contributed by atoms with Crippen LogP contribution in [0.3, 0.4) is 0 Å². The zero-order valence-electron chi connectivity index (χ0n) is 15.0. The molecule has 0 atom stereocenters. The SMILES string of the molecule is Cc1cccn2c(=O)cc(CN(C)Cc3ccc4ccccc4c3)nc12. The van der Waals surface area contributed by atoms with E-state index in [4.69, 9.17) is 0 Å². The highest BCUT2D eigenvalue weighted by molar-refractivity contribution is 5.82. The van der Waals surface area contributed by atoms with Gasteiger partial charge in [-0.25, -0.2) is 4.98 Å². The molecule has 2 aromatic heterocycles. The second-order valence-corrected chi connectivity index (χ2v) is 6.82. The number of fused-ring (bicyclic) bond motifs is 2. The van der Waals surface area contributed by atoms with E-state index in [0.29, 0.717) is 6.54 Å². The lowest BCUT2D eigenvalue weighted by molar-refractivity contribution is 0.315. The molecule has 0 amide bonds. The third-order valence-corrected chi connectivity index (χ3v) is 4.64. The standard InChI is InChI=1S/C22H21N3O/c1-16-6-5-11-25-21(26)13-20(23-22(16)25)15-24(2)14-17-9-10-18-7-3-4-8-19(18)12-17/h3-13H,14-15H2,1-2H3. The zero-order chi connectivity index (χ0) is 18.1. The molecule has 0 aliphatic rings. The summed E-state index contributed by atoms with van der Waals surface area (Å²) in [6, 6.07) is 20.4. The molecule has 4 rings (SSSR count). The fourth-order valence-electron chi connectivity index (χ4n) is 3.37. The fraction of sp³-hybridized carbons (Fsp3) is 0.182. The fourth-order valence-corrected chi connectivity index (χ4v) is 3.37. The van der Waals surface area contributed by atoms with Crippen LogP contribution < -0.4 is 5.56 Å². The van der Waals surface area contributed by atoms with E-state index in [1.807, 2.05) is 19.1 Å². The van der Waals surface area contributed by atoms with Crippen molar-refractivity contribution in [1.82, 2.24) is 14.3 Å². The molecule has 0 unspecified atom stereocenters. The highest BCUT2D eigenvalue weighted by Crippen LogP contribution is 2.17. The minimum atomic E-state index is -0.0344. The van der Waals surface area contributed by atoms with Crippen molar-refractivity contribution in [2.45, 2.75) is 20.0 Å². The van der Waals surface area contributed by atoms with Crippen LogP contribution in [0.25, 0.3) is 16.4 Å². The van der Waals surface area contributed by atoms with Gasteiger partial charge < -0.3 is 0 Å². The molecule has 0 aliphatic carbocycles. The second kappa shape index (κ2) is 6.73. The smallest absolute Gasteiger partial charge is 0.258 e. The van der Waals surface area contributed by atoms with Gasteiger partial charge in [0, 0.05) is 25.4 Å². The van der Waals surface area contributed by atoms with Gasteiger partial charge >= 0.3 is 0 Å². The van der Waals surface area contributed by atoms with E-state index in [9.17, 15) is 4.79 Å². The first kappa shape index (κ1) is 16.5. The number of aromatic nitrogens is 2. The van der Waals surface area contributed by atoms with Crippen LogP contribution in [-0.4, -0.2) is 21.3 Å². The maximum absolute atomic E-state index is 12.3. The first-order valence-electron chi connectivity index (χ1n) is 8.74. The predicted octanol–water partition coefficient (Wildman–Crippen LogP) is 3.79. The molecule has 2 aromatic carbocycles. The maximum Gasteiger partial charge on any atom is 0.258 e. The minimum absolute atomic E-state index is 0.0344. The van der Waals surface area contributed by atoms with Gasteiger partial charge in [-0.05, 0) is 48.0 Å². The molecule has 4 aromatic rings. The van der Waals surface area contributed by atoms with Crippen LogP contribution in [0.5, 0.6) is 0 Å². The molecule has 4 heteroatoms. The summed E-state index contributed by atoms with van der Waals surface area (Å²) >= 11 is 0. The molecule has 0 spiro atoms. The highest BCUT2D eigenvalue weighted by Gasteiger charge is 2.08. The molecule has 0 radical (unpaired) electrons. The zero-order valence-corrected chi connectivity index (χ0v) is 15.0. The monoisotopic (exact) mass is 343 g/mol. The Hall–Kier alpha value is -2.98. The molecule has 26 heavy (non-hydrogen) atoms. The van der Waals surface area contributed by atoms with E-state index in [1.165, 1.54) is 16.3 Å². The molecule has 0 saturated heterocycles. The Labute approximate surface area is 152 Å². The Morgan fingerprint density at radius 3 is 2.62 bits per heavy atom. The van der Waals surface area contributed by atoms with Gasteiger partial charge in [0.25, 0.3) is 5.56 Å². The number of nitrogens with zero attached hydrogens (tertiary/aromatic N) is 3. The largest absolute Gasteiger partial charge is 0.296 e. The summed E-state index contributed by atoms with van der Waals surface area (Å²) in [7, 11) is 2.05. The van der Waals surface area contributed by atoms with E-state index < -0.39 is 0 Å². The van der Waals surface area contributed by atoms with Crippen LogP contribution in [-0.2, 0) is 13.1 Å². The van der Waals surface area contributed by atoms with Crippen molar-refractivity contribution >= 4 is 16.4 Å². The number of rotatable bonds is 4. The van der Waals surface area contributed by atoms with Crippen molar-refractivity contribution in [3.63, 3.8) is 0 Å². The molecule has 0 saturated carbocycles. The third-order valence-electron chi connectivity index (χ3n) is 4.64. The summed E-state index contributed by atoms with van der Waals surface area (Å²) in [5.41, 5.74) is 3.75. The lowest BCUT2D eigenvalue weighted by Crippen LogP contribution is -2.22. The average Bonchev–Trinajstić information content (AvgIpc) is 2.62. The Morgan fingerprint density at radius 2 is 1.77 bits per heavy atom. The topological polar surface area (TPSA) is 37.6 Å². The number of benzene rings is 2. The molecule has 2 heterocycles. The van der Waals surface area contributed by atoms with Gasteiger partial charge in [0.15, 0.2) is 0 Å².